The molecule has 0 aromatic heterocycles. The Bertz CT molecular complexity index is 387. The van der Waals surface area contributed by atoms with Crippen molar-refractivity contribution in [2.45, 2.75) is 32.9 Å². The fourth-order valence-electron chi connectivity index (χ4n) is 1.80. The third kappa shape index (κ3) is 2.79. The molecule has 0 amide bonds. The molecule has 2 nitrogen and oxygen atoms in total. The van der Waals surface area contributed by atoms with Crippen LogP contribution in [0.25, 0.3) is 0 Å². The molecule has 86 valence electrons. The lowest BCUT2D eigenvalue weighted by Crippen LogP contribution is -2.23. The number of nitrogens with one attached hydrogen (secondary N) is 1. The van der Waals surface area contributed by atoms with Gasteiger partial charge < -0.3 is 5.32 Å². The quantitative estimate of drug-likeness (QED) is 0.869. The highest BCUT2D eigenvalue weighted by molar-refractivity contribution is 8.14. The van der Waals surface area contributed by atoms with Crippen LogP contribution in [0.15, 0.2) is 29.3 Å². The van der Waals surface area contributed by atoms with E-state index in [1.54, 1.807) is 0 Å². The first-order valence-electron chi connectivity index (χ1n) is 5.80. The third-order valence-corrected chi connectivity index (χ3v) is 3.92. The molecule has 1 heterocycles. The summed E-state index contributed by atoms with van der Waals surface area (Å²) in [6, 6.07) is 9.11. The number of hydrogen-bond donors (Lipinski definition) is 1. The fraction of sp³-hybridized carbons (Fsp3) is 0.462. The molecule has 2 rings (SSSR count). The minimum atomic E-state index is 0.560. The predicted octanol–water partition coefficient (Wildman–Crippen LogP) is 2.83. The average molecular weight is 234 g/mol. The molecule has 1 N–H and O–H groups in total. The number of amidine groups is 1. The van der Waals surface area contributed by atoms with Crippen molar-refractivity contribution in [1.82, 2.24) is 5.32 Å². The molecule has 3 heteroatoms. The van der Waals surface area contributed by atoms with E-state index in [1.807, 2.05) is 11.8 Å². The van der Waals surface area contributed by atoms with Crippen LogP contribution in [0.5, 0.6) is 0 Å². The van der Waals surface area contributed by atoms with E-state index in [0.29, 0.717) is 6.04 Å². The van der Waals surface area contributed by atoms with Crippen molar-refractivity contribution in [2.75, 3.05) is 5.75 Å². The van der Waals surface area contributed by atoms with Gasteiger partial charge in [0.2, 0.25) is 0 Å². The fourth-order valence-corrected chi connectivity index (χ4v) is 2.73. The Morgan fingerprint density at radius 2 is 2.12 bits per heavy atom. The summed E-state index contributed by atoms with van der Waals surface area (Å²) in [5.74, 6) is 1.13. The van der Waals surface area contributed by atoms with Crippen LogP contribution in [0.3, 0.4) is 0 Å². The van der Waals surface area contributed by atoms with Gasteiger partial charge in [-0.2, -0.15) is 0 Å². The number of nitrogens with zero attached hydrogens (tertiary/aromatic N) is 1. The molecule has 0 aliphatic carbocycles. The van der Waals surface area contributed by atoms with Gasteiger partial charge in [-0.15, -0.1) is 0 Å². The first kappa shape index (κ1) is 11.5. The summed E-state index contributed by atoms with van der Waals surface area (Å²) in [4.78, 5) is 4.62. The lowest BCUT2D eigenvalue weighted by atomic mass is 10.1. The summed E-state index contributed by atoms with van der Waals surface area (Å²) >= 11 is 1.82. The van der Waals surface area contributed by atoms with Crippen LogP contribution in [-0.4, -0.2) is 17.0 Å². The Morgan fingerprint density at radius 1 is 1.38 bits per heavy atom. The molecule has 0 radical (unpaired) electrons. The van der Waals surface area contributed by atoms with Crippen LogP contribution in [-0.2, 0) is 13.0 Å². The molecular weight excluding hydrogens is 216 g/mol. The lowest BCUT2D eigenvalue weighted by molar-refractivity contribution is 0.764. The van der Waals surface area contributed by atoms with Crippen molar-refractivity contribution in [3.8, 4) is 0 Å². The third-order valence-electron chi connectivity index (χ3n) is 2.73. The predicted molar refractivity (Wildman–Crippen MR) is 72.0 cm³/mol. The molecule has 0 spiro atoms. The first-order chi connectivity index (χ1) is 7.79. The maximum Gasteiger partial charge on any atom is 0.157 e. The molecule has 1 aromatic carbocycles. The van der Waals surface area contributed by atoms with Crippen LogP contribution in [0.2, 0.25) is 0 Å². The van der Waals surface area contributed by atoms with E-state index in [4.69, 9.17) is 0 Å². The summed E-state index contributed by atoms with van der Waals surface area (Å²) in [6.07, 6.45) is 1.08. The highest BCUT2D eigenvalue weighted by Gasteiger charge is 2.14. The molecule has 1 aliphatic rings. The summed E-state index contributed by atoms with van der Waals surface area (Å²) < 4.78 is 0. The standard InChI is InChI=1S/C13H18N2S/c1-3-11-6-4-5-7-12(11)8-14-13-15-10(2)9-16-13/h4-7,10H,3,8-9H2,1-2H3,(H,14,15). The van der Waals surface area contributed by atoms with Gasteiger partial charge in [-0.05, 0) is 24.5 Å². The first-order valence-corrected chi connectivity index (χ1v) is 6.78. The van der Waals surface area contributed by atoms with E-state index in [-0.39, 0.29) is 0 Å². The normalized spacial score (nSPS) is 22.4. The van der Waals surface area contributed by atoms with Crippen LogP contribution >= 0.6 is 11.8 Å². The van der Waals surface area contributed by atoms with E-state index >= 15 is 0 Å². The van der Waals surface area contributed by atoms with Gasteiger partial charge >= 0.3 is 0 Å². The van der Waals surface area contributed by atoms with Gasteiger partial charge in [-0.1, -0.05) is 43.0 Å². The SMILES string of the molecule is CCc1ccccc1CN=C1NC(C)CS1. The summed E-state index contributed by atoms with van der Waals surface area (Å²) in [5, 5.41) is 4.47. The van der Waals surface area contributed by atoms with E-state index < -0.39 is 0 Å². The van der Waals surface area contributed by atoms with Gasteiger partial charge in [0.05, 0.1) is 6.54 Å². The minimum Gasteiger partial charge on any atom is -0.362 e. The van der Waals surface area contributed by atoms with Crippen molar-refractivity contribution < 1.29 is 0 Å². The number of hydrogen-bond acceptors (Lipinski definition) is 2. The average Bonchev–Trinajstić information content (AvgIpc) is 2.73. The molecule has 1 atom stereocenters. The highest BCUT2D eigenvalue weighted by Crippen LogP contribution is 2.16. The van der Waals surface area contributed by atoms with Crippen molar-refractivity contribution >= 4 is 16.9 Å². The van der Waals surface area contributed by atoms with Gasteiger partial charge in [-0.25, -0.2) is 0 Å². The highest BCUT2D eigenvalue weighted by atomic mass is 32.2. The van der Waals surface area contributed by atoms with Gasteiger partial charge in [-0.3, -0.25) is 4.99 Å². The monoisotopic (exact) mass is 234 g/mol. The summed E-state index contributed by atoms with van der Waals surface area (Å²) in [7, 11) is 0. The van der Waals surface area contributed by atoms with Crippen molar-refractivity contribution in [1.29, 1.82) is 0 Å². The zero-order valence-corrected chi connectivity index (χ0v) is 10.7. The van der Waals surface area contributed by atoms with Crippen LogP contribution in [0.4, 0.5) is 0 Å². The van der Waals surface area contributed by atoms with E-state index in [2.05, 4.69) is 48.4 Å². The molecular formula is C13H18N2S. The molecule has 1 unspecified atom stereocenters. The minimum absolute atomic E-state index is 0.560. The number of aryl methyl sites for hydroxylation is 1. The second-order valence-electron chi connectivity index (χ2n) is 4.10. The topological polar surface area (TPSA) is 24.4 Å². The second kappa shape index (κ2) is 5.39. The van der Waals surface area contributed by atoms with Gasteiger partial charge in [0, 0.05) is 11.8 Å². The van der Waals surface area contributed by atoms with Crippen LogP contribution in [0, 0.1) is 0 Å². The molecule has 0 saturated carbocycles. The van der Waals surface area contributed by atoms with Crippen molar-refractivity contribution in [2.24, 2.45) is 4.99 Å². The Morgan fingerprint density at radius 3 is 2.75 bits per heavy atom. The Hall–Kier alpha value is -0.960. The summed E-state index contributed by atoms with van der Waals surface area (Å²) in [6.45, 7) is 5.18. The Balaban J connectivity index is 2.04. The summed E-state index contributed by atoms with van der Waals surface area (Å²) in [5.41, 5.74) is 2.75. The number of thioether (sulfide) groups is 1. The molecule has 1 saturated heterocycles. The second-order valence-corrected chi connectivity index (χ2v) is 5.11. The van der Waals surface area contributed by atoms with Crippen molar-refractivity contribution in [3.05, 3.63) is 35.4 Å². The van der Waals surface area contributed by atoms with Crippen LogP contribution in [0.1, 0.15) is 25.0 Å². The largest absolute Gasteiger partial charge is 0.362 e. The van der Waals surface area contributed by atoms with E-state index in [1.165, 1.54) is 11.1 Å². The number of rotatable bonds is 3. The van der Waals surface area contributed by atoms with Gasteiger partial charge in [0.15, 0.2) is 5.17 Å². The van der Waals surface area contributed by atoms with E-state index in [0.717, 1.165) is 23.9 Å². The number of benzene rings is 1. The zero-order chi connectivity index (χ0) is 11.4. The molecule has 1 aliphatic heterocycles. The maximum absolute atomic E-state index is 4.62. The van der Waals surface area contributed by atoms with Crippen molar-refractivity contribution in [3.63, 3.8) is 0 Å². The van der Waals surface area contributed by atoms with Gasteiger partial charge in [0.1, 0.15) is 0 Å². The lowest BCUT2D eigenvalue weighted by Gasteiger charge is -2.05. The number of aliphatic imine (C=N–C) groups is 1. The molecule has 16 heavy (non-hydrogen) atoms. The van der Waals surface area contributed by atoms with E-state index in [9.17, 15) is 0 Å². The molecule has 0 bridgehead atoms. The molecule has 1 fully saturated rings. The smallest absolute Gasteiger partial charge is 0.157 e. The Kier molecular flexibility index (Phi) is 3.88. The van der Waals surface area contributed by atoms with Gasteiger partial charge in [0.25, 0.3) is 0 Å². The molecule has 1 aromatic rings. The maximum atomic E-state index is 4.62. The van der Waals surface area contributed by atoms with Crippen LogP contribution < -0.4 is 5.32 Å². The Labute approximate surface area is 102 Å². The zero-order valence-electron chi connectivity index (χ0n) is 9.86.